The molecule has 162 valence electrons. The molecule has 2 aromatic carbocycles. The number of amides is 2. The number of anilines is 1. The van der Waals surface area contributed by atoms with E-state index in [0.717, 1.165) is 5.56 Å². The highest BCUT2D eigenvalue weighted by Gasteiger charge is 2.20. The van der Waals surface area contributed by atoms with Crippen molar-refractivity contribution in [2.24, 2.45) is 0 Å². The van der Waals surface area contributed by atoms with Crippen molar-refractivity contribution in [3.05, 3.63) is 82.0 Å². The van der Waals surface area contributed by atoms with Crippen molar-refractivity contribution in [3.8, 4) is 0 Å². The number of aromatic nitrogens is 2. The molecule has 2 amide bonds. The summed E-state index contributed by atoms with van der Waals surface area (Å²) in [5.41, 5.74) is 0.814. The third kappa shape index (κ3) is 5.65. The van der Waals surface area contributed by atoms with E-state index in [1.807, 2.05) is 30.3 Å². The molecule has 1 heterocycles. The minimum Gasteiger partial charge on any atom is -0.383 e. The van der Waals surface area contributed by atoms with Crippen LogP contribution in [0.5, 0.6) is 0 Å². The second kappa shape index (κ2) is 10.1. The van der Waals surface area contributed by atoms with E-state index in [2.05, 4.69) is 15.5 Å². The van der Waals surface area contributed by atoms with Gasteiger partial charge in [-0.2, -0.15) is 5.10 Å². The second-order valence-corrected chi connectivity index (χ2v) is 6.98. The molecule has 0 spiro atoms. The number of halogens is 3. The van der Waals surface area contributed by atoms with Crippen LogP contribution in [-0.2, 0) is 11.3 Å². The monoisotopic (exact) mass is 448 g/mol. The molecule has 1 aromatic heterocycles. The molecule has 0 saturated heterocycles. The number of H-pyrrole nitrogens is 1. The number of nitrogens with one attached hydrogen (secondary N) is 2. The van der Waals surface area contributed by atoms with Crippen molar-refractivity contribution < 1.29 is 23.1 Å². The normalized spacial score (nSPS) is 10.7. The van der Waals surface area contributed by atoms with Gasteiger partial charge in [0.1, 0.15) is 5.69 Å². The molecular formula is C21H19ClF2N4O3. The number of rotatable bonds is 8. The largest absolute Gasteiger partial charge is 0.383 e. The number of methoxy groups -OCH3 is 1. The van der Waals surface area contributed by atoms with Gasteiger partial charge in [0.05, 0.1) is 17.2 Å². The highest BCUT2D eigenvalue weighted by Crippen LogP contribution is 2.21. The Morgan fingerprint density at radius 1 is 1.16 bits per heavy atom. The molecule has 0 radical (unpaired) electrons. The van der Waals surface area contributed by atoms with Crippen molar-refractivity contribution in [2.45, 2.75) is 6.54 Å². The van der Waals surface area contributed by atoms with Gasteiger partial charge in [-0.15, -0.1) is 0 Å². The molecule has 0 aliphatic heterocycles. The number of ether oxygens (including phenoxy) is 1. The average Bonchev–Trinajstić information content (AvgIpc) is 3.22. The Hall–Kier alpha value is -3.30. The topological polar surface area (TPSA) is 87.3 Å². The summed E-state index contributed by atoms with van der Waals surface area (Å²) in [5, 5.41) is 8.62. The van der Waals surface area contributed by atoms with Crippen molar-refractivity contribution in [2.75, 3.05) is 25.6 Å². The van der Waals surface area contributed by atoms with Crippen LogP contribution in [0.2, 0.25) is 5.02 Å². The van der Waals surface area contributed by atoms with Crippen molar-refractivity contribution in [3.63, 3.8) is 0 Å². The molecule has 0 saturated carbocycles. The molecule has 0 bridgehead atoms. The van der Waals surface area contributed by atoms with Gasteiger partial charge in [0.2, 0.25) is 0 Å². The molecule has 3 aromatic rings. The van der Waals surface area contributed by atoms with Crippen LogP contribution in [0.25, 0.3) is 0 Å². The predicted molar refractivity (Wildman–Crippen MR) is 111 cm³/mol. The number of carbonyl (C=O) groups excluding carboxylic acids is 2. The summed E-state index contributed by atoms with van der Waals surface area (Å²) in [6.45, 7) is 1.04. The van der Waals surface area contributed by atoms with Gasteiger partial charge in [-0.25, -0.2) is 8.78 Å². The van der Waals surface area contributed by atoms with Crippen LogP contribution in [-0.4, -0.2) is 47.2 Å². The maximum absolute atomic E-state index is 13.4. The lowest BCUT2D eigenvalue weighted by Gasteiger charge is -2.21. The zero-order valence-corrected chi connectivity index (χ0v) is 17.2. The third-order valence-corrected chi connectivity index (χ3v) is 4.69. The number of aromatic amines is 1. The number of hydrogen-bond acceptors (Lipinski definition) is 4. The Bertz CT molecular complexity index is 1080. The summed E-state index contributed by atoms with van der Waals surface area (Å²) >= 11 is 5.82. The Labute approximate surface area is 182 Å². The quantitative estimate of drug-likeness (QED) is 0.512. The van der Waals surface area contributed by atoms with Crippen LogP contribution in [0.3, 0.4) is 0 Å². The fourth-order valence-electron chi connectivity index (χ4n) is 2.80. The van der Waals surface area contributed by atoms with E-state index in [1.165, 1.54) is 6.07 Å². The van der Waals surface area contributed by atoms with Crippen LogP contribution in [0.1, 0.15) is 26.4 Å². The van der Waals surface area contributed by atoms with Crippen LogP contribution in [0.4, 0.5) is 14.6 Å². The Kier molecular flexibility index (Phi) is 7.32. The van der Waals surface area contributed by atoms with Crippen molar-refractivity contribution in [1.29, 1.82) is 0 Å². The maximum Gasteiger partial charge on any atom is 0.272 e. The van der Waals surface area contributed by atoms with E-state index in [4.69, 9.17) is 16.3 Å². The summed E-state index contributed by atoms with van der Waals surface area (Å²) in [4.78, 5) is 26.9. The van der Waals surface area contributed by atoms with Gasteiger partial charge in [-0.3, -0.25) is 14.7 Å². The van der Waals surface area contributed by atoms with Gasteiger partial charge in [0, 0.05) is 26.3 Å². The first-order chi connectivity index (χ1) is 14.9. The molecule has 7 nitrogen and oxygen atoms in total. The molecule has 0 aliphatic rings. The summed E-state index contributed by atoms with van der Waals surface area (Å²) in [5.74, 6) is -3.49. The number of benzene rings is 2. The zero-order valence-electron chi connectivity index (χ0n) is 16.5. The summed E-state index contributed by atoms with van der Waals surface area (Å²) in [6.07, 6.45) is 0. The Balaban J connectivity index is 1.74. The fraction of sp³-hybridized carbons (Fsp3) is 0.190. The van der Waals surface area contributed by atoms with Crippen LogP contribution in [0, 0.1) is 11.6 Å². The lowest BCUT2D eigenvalue weighted by atomic mass is 10.2. The predicted octanol–water partition coefficient (Wildman–Crippen LogP) is 3.88. The van der Waals surface area contributed by atoms with Gasteiger partial charge >= 0.3 is 0 Å². The molecule has 0 atom stereocenters. The van der Waals surface area contributed by atoms with Crippen molar-refractivity contribution in [1.82, 2.24) is 15.1 Å². The van der Waals surface area contributed by atoms with E-state index in [-0.39, 0.29) is 28.0 Å². The first-order valence-electron chi connectivity index (χ1n) is 9.22. The Morgan fingerprint density at radius 3 is 2.58 bits per heavy atom. The van der Waals surface area contributed by atoms with Crippen molar-refractivity contribution >= 4 is 29.2 Å². The summed E-state index contributed by atoms with van der Waals surface area (Å²) < 4.78 is 31.7. The van der Waals surface area contributed by atoms with Crippen LogP contribution >= 0.6 is 11.6 Å². The number of carbonyl (C=O) groups is 2. The molecule has 10 heteroatoms. The number of hydrogen-bond donors (Lipinski definition) is 2. The van der Waals surface area contributed by atoms with Crippen LogP contribution in [0.15, 0.2) is 48.5 Å². The lowest BCUT2D eigenvalue weighted by molar-refractivity contribution is 0.0674. The Morgan fingerprint density at radius 2 is 1.87 bits per heavy atom. The molecular weight excluding hydrogens is 430 g/mol. The first kappa shape index (κ1) is 22.4. The third-order valence-electron chi connectivity index (χ3n) is 4.37. The first-order valence-corrected chi connectivity index (χ1v) is 9.60. The van der Waals surface area contributed by atoms with E-state index in [1.54, 1.807) is 12.0 Å². The SMILES string of the molecule is COCCN(Cc1ccccc1)C(=O)c1cc(NC(=O)c2cc(F)c(F)cc2Cl)n[nH]1. The zero-order chi connectivity index (χ0) is 22.4. The van der Waals surface area contributed by atoms with E-state index >= 15 is 0 Å². The van der Waals surface area contributed by atoms with Gasteiger partial charge in [0.15, 0.2) is 17.5 Å². The van der Waals surface area contributed by atoms with Gasteiger partial charge in [0.25, 0.3) is 11.8 Å². The highest BCUT2D eigenvalue weighted by atomic mass is 35.5. The highest BCUT2D eigenvalue weighted by molar-refractivity contribution is 6.34. The van der Waals surface area contributed by atoms with E-state index in [9.17, 15) is 18.4 Å². The summed E-state index contributed by atoms with van der Waals surface area (Å²) in [6, 6.07) is 12.2. The second-order valence-electron chi connectivity index (χ2n) is 6.57. The molecule has 2 N–H and O–H groups in total. The summed E-state index contributed by atoms with van der Waals surface area (Å²) in [7, 11) is 1.54. The smallest absolute Gasteiger partial charge is 0.272 e. The molecule has 31 heavy (non-hydrogen) atoms. The lowest BCUT2D eigenvalue weighted by Crippen LogP contribution is -2.33. The average molecular weight is 449 g/mol. The minimum absolute atomic E-state index is 0.0283. The molecule has 3 rings (SSSR count). The fourth-order valence-corrected chi connectivity index (χ4v) is 3.04. The maximum atomic E-state index is 13.4. The van der Waals surface area contributed by atoms with E-state index < -0.39 is 17.5 Å². The standard InChI is InChI=1S/C21H19ClF2N4O3/c1-31-8-7-28(12-13-5-3-2-4-6-13)21(30)18-11-19(27-26-18)25-20(29)14-9-16(23)17(24)10-15(14)22/h2-6,9-11H,7-8,12H2,1H3,(H2,25,26,27,29). The number of nitrogens with zero attached hydrogens (tertiary/aromatic N) is 2. The van der Waals surface area contributed by atoms with E-state index in [0.29, 0.717) is 31.8 Å². The molecule has 0 fully saturated rings. The minimum atomic E-state index is -1.21. The van der Waals surface area contributed by atoms with Gasteiger partial charge < -0.3 is 15.0 Å². The molecule has 0 aliphatic carbocycles. The van der Waals surface area contributed by atoms with Crippen LogP contribution < -0.4 is 5.32 Å². The van der Waals surface area contributed by atoms with Gasteiger partial charge in [-0.05, 0) is 17.7 Å². The van der Waals surface area contributed by atoms with Gasteiger partial charge in [-0.1, -0.05) is 41.9 Å². The molecule has 0 unspecified atom stereocenters.